The van der Waals surface area contributed by atoms with Gasteiger partial charge in [-0.25, -0.2) is 9.97 Å². The molecule has 5 rings (SSSR count). The third-order valence-corrected chi connectivity index (χ3v) is 9.03. The molecule has 0 bridgehead atoms. The molecule has 0 radical (unpaired) electrons. The highest BCUT2D eigenvalue weighted by molar-refractivity contribution is 5.77. The van der Waals surface area contributed by atoms with Gasteiger partial charge in [0.25, 0.3) is 0 Å². The second-order valence-corrected chi connectivity index (χ2v) is 14.2. The van der Waals surface area contributed by atoms with E-state index in [9.17, 15) is 4.79 Å². The van der Waals surface area contributed by atoms with Gasteiger partial charge in [0.05, 0.1) is 5.69 Å². The number of amides is 1. The van der Waals surface area contributed by atoms with Crippen LogP contribution in [0.25, 0.3) is 11.4 Å². The largest absolute Gasteiger partial charge is 0.369 e. The standard InChI is InChI=1S/C32H41N7O.C7H16/c1-5-33-30-23(3)35-31(37-32(30)36-28-12-7-13-29(20-28)39-16-8-9-22(39)2)26-11-6-10-25(19-26)21-34-27-14-17-38(18-15-27)24(4)40;1-5-6-7(2,3)4/h5-7,10-13,19-20,22,27,34H,8-9,14-18,21H2,1-4H3,(H,35,36,37);5-6H2,1-4H3. The number of aryl methyl sites for hydroxylation is 1. The third-order valence-electron chi connectivity index (χ3n) is 9.03. The predicted octanol–water partition coefficient (Wildman–Crippen LogP) is 8.84. The lowest BCUT2D eigenvalue weighted by molar-refractivity contribution is -0.129. The number of benzene rings is 2. The Balaban J connectivity index is 0.000000644. The molecule has 0 aliphatic carbocycles. The summed E-state index contributed by atoms with van der Waals surface area (Å²) in [5.74, 6) is 1.55. The van der Waals surface area contributed by atoms with E-state index < -0.39 is 0 Å². The van der Waals surface area contributed by atoms with Crippen LogP contribution in [0.2, 0.25) is 0 Å². The quantitative estimate of drug-likeness (QED) is 0.228. The van der Waals surface area contributed by atoms with Crippen LogP contribution >= 0.6 is 0 Å². The fourth-order valence-corrected chi connectivity index (χ4v) is 6.51. The number of piperidine rings is 1. The van der Waals surface area contributed by atoms with Crippen LogP contribution in [0.3, 0.4) is 0 Å². The Kier molecular flexibility index (Phi) is 12.9. The van der Waals surface area contributed by atoms with Crippen LogP contribution in [0, 0.1) is 12.3 Å². The Labute approximate surface area is 283 Å². The maximum Gasteiger partial charge on any atom is 0.219 e. The Morgan fingerprint density at radius 3 is 2.40 bits per heavy atom. The van der Waals surface area contributed by atoms with E-state index in [1.807, 2.05) is 18.7 Å². The lowest BCUT2D eigenvalue weighted by Crippen LogP contribution is -2.43. The molecule has 254 valence electrons. The Morgan fingerprint density at radius 1 is 1.04 bits per heavy atom. The molecule has 47 heavy (non-hydrogen) atoms. The molecule has 2 aliphatic rings. The summed E-state index contributed by atoms with van der Waals surface area (Å²) in [5.41, 5.74) is 6.51. The zero-order valence-electron chi connectivity index (χ0n) is 30.1. The number of likely N-dealkylation sites (tertiary alicyclic amines) is 1. The van der Waals surface area contributed by atoms with Gasteiger partial charge < -0.3 is 20.4 Å². The van der Waals surface area contributed by atoms with Crippen molar-refractivity contribution in [2.75, 3.05) is 29.9 Å². The van der Waals surface area contributed by atoms with Gasteiger partial charge in [0.15, 0.2) is 11.6 Å². The van der Waals surface area contributed by atoms with Crippen LogP contribution in [-0.2, 0) is 11.3 Å². The van der Waals surface area contributed by atoms with Crippen LogP contribution in [0.1, 0.15) is 98.2 Å². The number of carbonyl (C=O) groups is 1. The lowest BCUT2D eigenvalue weighted by atomic mass is 9.91. The van der Waals surface area contributed by atoms with Crippen LogP contribution in [-0.4, -0.2) is 58.7 Å². The van der Waals surface area contributed by atoms with Crippen molar-refractivity contribution in [3.05, 3.63) is 59.8 Å². The number of aromatic nitrogens is 2. The van der Waals surface area contributed by atoms with E-state index in [4.69, 9.17) is 9.97 Å². The van der Waals surface area contributed by atoms with Crippen LogP contribution in [0.15, 0.2) is 53.5 Å². The van der Waals surface area contributed by atoms with E-state index in [1.165, 1.54) is 36.9 Å². The summed E-state index contributed by atoms with van der Waals surface area (Å²) >= 11 is 0. The molecule has 1 aromatic heterocycles. The smallest absolute Gasteiger partial charge is 0.219 e. The maximum atomic E-state index is 11.6. The van der Waals surface area contributed by atoms with Gasteiger partial charge in [0, 0.05) is 68.3 Å². The first-order valence-corrected chi connectivity index (χ1v) is 17.6. The third kappa shape index (κ3) is 10.6. The van der Waals surface area contributed by atoms with Crippen molar-refractivity contribution in [2.45, 2.75) is 113 Å². The van der Waals surface area contributed by atoms with Crippen LogP contribution in [0.4, 0.5) is 22.9 Å². The normalized spacial score (nSPS) is 17.1. The minimum atomic E-state index is 0.167. The molecule has 2 fully saturated rings. The molecular formula is C39H57N7O. The molecule has 2 N–H and O–H groups in total. The second-order valence-electron chi connectivity index (χ2n) is 14.2. The monoisotopic (exact) mass is 639 g/mol. The van der Waals surface area contributed by atoms with Crippen LogP contribution in [0.5, 0.6) is 0 Å². The summed E-state index contributed by atoms with van der Waals surface area (Å²) < 4.78 is 0. The molecule has 2 aromatic carbocycles. The molecule has 0 spiro atoms. The van der Waals surface area contributed by atoms with Gasteiger partial charge in [-0.2, -0.15) is 0 Å². The lowest BCUT2D eigenvalue weighted by Gasteiger charge is -2.31. The Morgan fingerprint density at radius 2 is 1.79 bits per heavy atom. The first-order valence-electron chi connectivity index (χ1n) is 17.6. The highest BCUT2D eigenvalue weighted by atomic mass is 16.2. The number of hydrogen-bond acceptors (Lipinski definition) is 7. The maximum absolute atomic E-state index is 11.6. The summed E-state index contributed by atoms with van der Waals surface area (Å²) in [7, 11) is 0. The van der Waals surface area contributed by atoms with Crippen molar-refractivity contribution in [1.29, 1.82) is 0 Å². The summed E-state index contributed by atoms with van der Waals surface area (Å²) in [6.45, 7) is 20.4. The van der Waals surface area contributed by atoms with Crippen molar-refractivity contribution in [3.63, 3.8) is 0 Å². The molecule has 8 nitrogen and oxygen atoms in total. The molecule has 1 atom stereocenters. The number of anilines is 3. The molecular weight excluding hydrogens is 582 g/mol. The average molecular weight is 640 g/mol. The fraction of sp³-hybridized carbons (Fsp3) is 0.538. The first-order chi connectivity index (χ1) is 22.5. The highest BCUT2D eigenvalue weighted by Crippen LogP contribution is 2.34. The van der Waals surface area contributed by atoms with E-state index in [0.717, 1.165) is 61.7 Å². The van der Waals surface area contributed by atoms with Crippen molar-refractivity contribution in [2.24, 2.45) is 10.4 Å². The number of rotatable bonds is 9. The van der Waals surface area contributed by atoms with Gasteiger partial charge in [-0.15, -0.1) is 0 Å². The van der Waals surface area contributed by atoms with Gasteiger partial charge in [-0.05, 0) is 88.1 Å². The summed E-state index contributed by atoms with van der Waals surface area (Å²) in [5, 5.41) is 7.22. The van der Waals surface area contributed by atoms with E-state index in [-0.39, 0.29) is 5.91 Å². The number of hydrogen-bond donors (Lipinski definition) is 2. The summed E-state index contributed by atoms with van der Waals surface area (Å²) in [4.78, 5) is 30.4. The van der Waals surface area contributed by atoms with Gasteiger partial charge >= 0.3 is 0 Å². The van der Waals surface area contributed by atoms with Crippen LogP contribution < -0.4 is 15.5 Å². The molecule has 2 saturated heterocycles. The van der Waals surface area contributed by atoms with Gasteiger partial charge in [0.1, 0.15) is 5.69 Å². The zero-order chi connectivity index (χ0) is 34.0. The van der Waals surface area contributed by atoms with Crippen molar-refractivity contribution < 1.29 is 4.79 Å². The number of aliphatic imine (C=N–C) groups is 1. The van der Waals surface area contributed by atoms with Crippen molar-refractivity contribution in [1.82, 2.24) is 20.2 Å². The van der Waals surface area contributed by atoms with Gasteiger partial charge in [-0.3, -0.25) is 9.79 Å². The van der Waals surface area contributed by atoms with Gasteiger partial charge in [-0.1, -0.05) is 58.4 Å². The summed E-state index contributed by atoms with van der Waals surface area (Å²) in [6, 6.07) is 17.9. The predicted molar refractivity (Wildman–Crippen MR) is 198 cm³/mol. The van der Waals surface area contributed by atoms with E-state index in [0.29, 0.717) is 29.1 Å². The topological polar surface area (TPSA) is 85.8 Å². The van der Waals surface area contributed by atoms with E-state index >= 15 is 0 Å². The number of nitrogens with zero attached hydrogens (tertiary/aromatic N) is 5. The molecule has 3 aromatic rings. The first kappa shape index (κ1) is 36.1. The molecule has 3 heterocycles. The molecule has 1 amide bonds. The Bertz CT molecular complexity index is 1490. The zero-order valence-corrected chi connectivity index (χ0v) is 30.1. The number of nitrogens with one attached hydrogen (secondary N) is 2. The van der Waals surface area contributed by atoms with E-state index in [1.54, 1.807) is 13.1 Å². The highest BCUT2D eigenvalue weighted by Gasteiger charge is 2.22. The molecule has 8 heteroatoms. The van der Waals surface area contributed by atoms with Crippen molar-refractivity contribution in [3.8, 4) is 11.4 Å². The molecule has 1 unspecified atom stereocenters. The van der Waals surface area contributed by atoms with Gasteiger partial charge in [0.2, 0.25) is 5.91 Å². The average Bonchev–Trinajstić information content (AvgIpc) is 3.47. The van der Waals surface area contributed by atoms with Crippen molar-refractivity contribution >= 4 is 35.0 Å². The second kappa shape index (κ2) is 16.9. The van der Waals surface area contributed by atoms with E-state index in [2.05, 4.69) is 104 Å². The number of carbonyl (C=O) groups excluding carboxylic acids is 1. The summed E-state index contributed by atoms with van der Waals surface area (Å²) in [6.07, 6.45) is 8.86. The fourth-order valence-electron chi connectivity index (χ4n) is 6.51. The minimum absolute atomic E-state index is 0.167. The SMILES string of the molecule is CC=Nc1c(C)nc(-c2cccc(CNC3CCN(C(C)=O)CC3)c2)nc1Nc1cccc(N2CCCC2C)c1.CCCC(C)(C)C. The molecule has 0 saturated carbocycles. The molecule has 2 aliphatic heterocycles. The Hall–Kier alpha value is -3.78. The minimum Gasteiger partial charge on any atom is -0.369 e.